The van der Waals surface area contributed by atoms with Crippen molar-refractivity contribution in [2.24, 2.45) is 0 Å². The molecule has 0 fully saturated rings. The average molecular weight is 430 g/mol. The largest absolute Gasteiger partial charge is 0.416 e. The SMILES string of the molecule is C=S(=O)(c1ccccc1)c1ccc2nc(NCc3cccc(C(F)(F)F)c3)nn2c1. The van der Waals surface area contributed by atoms with E-state index in [0.29, 0.717) is 21.0 Å². The second kappa shape index (κ2) is 7.49. The van der Waals surface area contributed by atoms with Crippen LogP contribution < -0.4 is 5.32 Å². The van der Waals surface area contributed by atoms with Gasteiger partial charge >= 0.3 is 6.18 Å². The molecule has 0 aliphatic rings. The Hall–Kier alpha value is -3.33. The lowest BCUT2D eigenvalue weighted by Gasteiger charge is -2.09. The fraction of sp³-hybridized carbons (Fsp3) is 0.0952. The number of pyridine rings is 1. The summed E-state index contributed by atoms with van der Waals surface area (Å²) in [6, 6.07) is 17.3. The first-order chi connectivity index (χ1) is 14.2. The summed E-state index contributed by atoms with van der Waals surface area (Å²) in [5.41, 5.74) is 0.253. The van der Waals surface area contributed by atoms with Gasteiger partial charge in [0.15, 0.2) is 5.65 Å². The van der Waals surface area contributed by atoms with E-state index in [0.717, 1.165) is 12.1 Å². The van der Waals surface area contributed by atoms with Crippen LogP contribution in [0.2, 0.25) is 0 Å². The second-order valence-corrected chi connectivity index (χ2v) is 8.94. The molecule has 2 aromatic heterocycles. The van der Waals surface area contributed by atoms with Crippen LogP contribution in [-0.4, -0.2) is 24.7 Å². The molecule has 9 heteroatoms. The second-order valence-electron chi connectivity index (χ2n) is 6.64. The average Bonchev–Trinajstić information content (AvgIpc) is 3.15. The predicted molar refractivity (Wildman–Crippen MR) is 110 cm³/mol. The molecule has 0 aliphatic carbocycles. The molecule has 30 heavy (non-hydrogen) atoms. The van der Waals surface area contributed by atoms with Gasteiger partial charge in [0.1, 0.15) is 0 Å². The zero-order chi connectivity index (χ0) is 21.4. The minimum absolute atomic E-state index is 0.129. The number of rotatable bonds is 5. The van der Waals surface area contributed by atoms with Crippen LogP contribution in [0.4, 0.5) is 19.1 Å². The number of nitrogens with zero attached hydrogens (tertiary/aromatic N) is 3. The molecule has 1 N–H and O–H groups in total. The van der Waals surface area contributed by atoms with Crippen molar-refractivity contribution in [2.45, 2.75) is 22.5 Å². The maximum absolute atomic E-state index is 13.2. The highest BCUT2D eigenvalue weighted by Crippen LogP contribution is 2.29. The molecule has 2 heterocycles. The molecule has 5 nitrogen and oxygen atoms in total. The van der Waals surface area contributed by atoms with E-state index in [1.807, 2.05) is 6.07 Å². The maximum atomic E-state index is 13.2. The van der Waals surface area contributed by atoms with Crippen LogP contribution >= 0.6 is 0 Å². The van der Waals surface area contributed by atoms with Gasteiger partial charge in [0, 0.05) is 27.2 Å². The highest BCUT2D eigenvalue weighted by Gasteiger charge is 2.30. The molecule has 154 valence electrons. The first-order valence-corrected chi connectivity index (χ1v) is 10.6. The quantitative estimate of drug-likeness (QED) is 0.474. The highest BCUT2D eigenvalue weighted by molar-refractivity contribution is 8.00. The Bertz CT molecular complexity index is 1300. The number of hydrogen-bond acceptors (Lipinski definition) is 4. The number of anilines is 1. The molecule has 0 amide bonds. The van der Waals surface area contributed by atoms with Crippen molar-refractivity contribution in [1.82, 2.24) is 14.6 Å². The molecule has 2 aromatic carbocycles. The van der Waals surface area contributed by atoms with Crippen molar-refractivity contribution < 1.29 is 17.4 Å². The summed E-state index contributed by atoms with van der Waals surface area (Å²) in [5, 5.41) is 7.21. The molecule has 0 radical (unpaired) electrons. The molecule has 0 saturated heterocycles. The van der Waals surface area contributed by atoms with Crippen LogP contribution in [-0.2, 0) is 22.2 Å². The van der Waals surface area contributed by atoms with Crippen LogP contribution in [0.5, 0.6) is 0 Å². The highest BCUT2D eigenvalue weighted by atomic mass is 32.2. The molecular weight excluding hydrogens is 413 g/mol. The molecule has 0 bridgehead atoms. The van der Waals surface area contributed by atoms with E-state index in [1.54, 1.807) is 48.7 Å². The summed E-state index contributed by atoms with van der Waals surface area (Å²) in [4.78, 5) is 5.40. The molecule has 4 aromatic rings. The summed E-state index contributed by atoms with van der Waals surface area (Å²) in [6.07, 6.45) is -2.80. The van der Waals surface area contributed by atoms with Crippen molar-refractivity contribution in [3.8, 4) is 0 Å². The topological polar surface area (TPSA) is 59.3 Å². The standard InChI is InChI=1S/C21H17F3N4OS/c1-30(29,17-8-3-2-4-9-17)18-10-11-19-26-20(27-28(19)14-18)25-13-15-6-5-7-16(12-15)21(22,23)24/h2-12,14H,1,13H2,(H,25,27). The number of nitrogens with one attached hydrogen (secondary N) is 1. The number of alkyl halides is 3. The van der Waals surface area contributed by atoms with Gasteiger partial charge in [-0.25, -0.2) is 4.52 Å². The number of halogens is 3. The van der Waals surface area contributed by atoms with Crippen molar-refractivity contribution in [2.75, 3.05) is 5.32 Å². The normalized spacial score (nSPS) is 13.8. The summed E-state index contributed by atoms with van der Waals surface area (Å²) in [6.45, 7) is 0.129. The van der Waals surface area contributed by atoms with E-state index in [4.69, 9.17) is 0 Å². The lowest BCUT2D eigenvalue weighted by molar-refractivity contribution is -0.137. The monoisotopic (exact) mass is 430 g/mol. The van der Waals surface area contributed by atoms with E-state index in [1.165, 1.54) is 10.6 Å². The van der Waals surface area contributed by atoms with Crippen LogP contribution in [0.15, 0.2) is 82.7 Å². The van der Waals surface area contributed by atoms with Gasteiger partial charge in [0.05, 0.1) is 10.5 Å². The van der Waals surface area contributed by atoms with Crippen LogP contribution in [0.1, 0.15) is 11.1 Å². The summed E-state index contributed by atoms with van der Waals surface area (Å²) in [7, 11) is -2.71. The summed E-state index contributed by atoms with van der Waals surface area (Å²) in [5.74, 6) is 4.14. The van der Waals surface area contributed by atoms with Crippen LogP contribution in [0, 0.1) is 0 Å². The molecule has 1 atom stereocenters. The van der Waals surface area contributed by atoms with Gasteiger partial charge in [-0.1, -0.05) is 30.3 Å². The fourth-order valence-corrected chi connectivity index (χ4v) is 4.38. The van der Waals surface area contributed by atoms with Gasteiger partial charge in [-0.2, -0.15) is 18.2 Å². The van der Waals surface area contributed by atoms with Crippen LogP contribution in [0.3, 0.4) is 0 Å². The summed E-state index contributed by atoms with van der Waals surface area (Å²) < 4.78 is 53.2. The lowest BCUT2D eigenvalue weighted by atomic mass is 10.1. The van der Waals surface area contributed by atoms with Crippen LogP contribution in [0.25, 0.3) is 5.65 Å². The lowest BCUT2D eigenvalue weighted by Crippen LogP contribution is -2.07. The van der Waals surface area contributed by atoms with Crippen molar-refractivity contribution >= 4 is 27.0 Å². The molecular formula is C21H17F3N4OS. The fourth-order valence-electron chi connectivity index (χ4n) is 2.95. The van der Waals surface area contributed by atoms with Gasteiger partial charge in [-0.05, 0) is 47.8 Å². The minimum Gasteiger partial charge on any atom is -0.349 e. The zero-order valence-electron chi connectivity index (χ0n) is 15.6. The van der Waals surface area contributed by atoms with Crippen molar-refractivity contribution in [3.05, 3.63) is 84.1 Å². The van der Waals surface area contributed by atoms with E-state index >= 15 is 0 Å². The third-order valence-corrected chi connectivity index (χ3v) is 6.55. The van der Waals surface area contributed by atoms with Gasteiger partial charge in [-0.3, -0.25) is 4.21 Å². The zero-order valence-corrected chi connectivity index (χ0v) is 16.5. The number of hydrogen-bond donors (Lipinski definition) is 1. The van der Waals surface area contributed by atoms with Crippen molar-refractivity contribution in [3.63, 3.8) is 0 Å². The molecule has 0 saturated carbocycles. The maximum Gasteiger partial charge on any atom is 0.416 e. The Labute approximate surface area is 171 Å². The van der Waals surface area contributed by atoms with Gasteiger partial charge in [0.2, 0.25) is 5.95 Å². The Morgan fingerprint density at radius 2 is 1.77 bits per heavy atom. The first-order valence-electron chi connectivity index (χ1n) is 8.92. The number of aromatic nitrogens is 3. The van der Waals surface area contributed by atoms with Gasteiger partial charge in [0.25, 0.3) is 0 Å². The molecule has 1 unspecified atom stereocenters. The number of benzene rings is 2. The Morgan fingerprint density at radius 3 is 2.50 bits per heavy atom. The van der Waals surface area contributed by atoms with Gasteiger partial charge in [-0.15, -0.1) is 5.10 Å². The Kier molecular flexibility index (Phi) is 4.98. The van der Waals surface area contributed by atoms with E-state index in [-0.39, 0.29) is 12.5 Å². The smallest absolute Gasteiger partial charge is 0.349 e. The minimum atomic E-state index is -4.39. The van der Waals surface area contributed by atoms with E-state index in [9.17, 15) is 17.4 Å². The predicted octanol–water partition coefficient (Wildman–Crippen LogP) is 4.49. The van der Waals surface area contributed by atoms with E-state index in [2.05, 4.69) is 21.3 Å². The summed E-state index contributed by atoms with van der Waals surface area (Å²) >= 11 is 0. The van der Waals surface area contributed by atoms with Gasteiger partial charge < -0.3 is 5.32 Å². The third kappa shape index (κ3) is 4.02. The van der Waals surface area contributed by atoms with Crippen molar-refractivity contribution in [1.29, 1.82) is 0 Å². The number of fused-ring (bicyclic) bond motifs is 1. The Morgan fingerprint density at radius 1 is 1.00 bits per heavy atom. The molecule has 0 spiro atoms. The third-order valence-electron chi connectivity index (χ3n) is 4.51. The Balaban J connectivity index is 1.56. The first kappa shape index (κ1) is 20.0. The van der Waals surface area contributed by atoms with E-state index < -0.39 is 21.3 Å². The molecule has 4 rings (SSSR count). The molecule has 0 aliphatic heterocycles.